The van der Waals surface area contributed by atoms with E-state index in [-0.39, 0.29) is 11.9 Å². The Morgan fingerprint density at radius 1 is 0.634 bits per heavy atom. The van der Waals surface area contributed by atoms with Crippen LogP contribution in [0.1, 0.15) is 118 Å². The zero-order valence-electron chi connectivity index (χ0n) is 25.2. The van der Waals surface area contributed by atoms with Gasteiger partial charge in [-0.25, -0.2) is 0 Å². The molecule has 3 aromatic heterocycles. The van der Waals surface area contributed by atoms with Crippen molar-refractivity contribution in [2.24, 2.45) is 0 Å². The van der Waals surface area contributed by atoms with Crippen molar-refractivity contribution in [1.82, 2.24) is 15.0 Å². The van der Waals surface area contributed by atoms with Gasteiger partial charge in [0.05, 0.1) is 24.6 Å². The second-order valence-electron chi connectivity index (χ2n) is 10.5. The van der Waals surface area contributed by atoms with Crippen molar-refractivity contribution in [3.63, 3.8) is 0 Å². The molecule has 3 N–H and O–H groups in total. The number of aromatic amines is 3. The summed E-state index contributed by atoms with van der Waals surface area (Å²) >= 11 is 0. The summed E-state index contributed by atoms with van der Waals surface area (Å²) in [7, 11) is 0. The van der Waals surface area contributed by atoms with Gasteiger partial charge < -0.3 is 24.4 Å². The van der Waals surface area contributed by atoms with E-state index < -0.39 is 0 Å². The summed E-state index contributed by atoms with van der Waals surface area (Å²) < 4.78 is 10.2. The third kappa shape index (κ3) is 7.65. The van der Waals surface area contributed by atoms with E-state index in [4.69, 9.17) is 9.47 Å². The van der Waals surface area contributed by atoms with Crippen LogP contribution in [0.2, 0.25) is 0 Å². The second kappa shape index (κ2) is 14.7. The lowest BCUT2D eigenvalue weighted by atomic mass is 9.97. The SMILES string of the molecule is CCc1c(Cc2[nH]c(C=O)c(C)c2CCCOC(C)=O)[nH]c(Cc2[nH]c(C=O)c(C)c2CCCOC(C)=O)c1CC. The van der Waals surface area contributed by atoms with Gasteiger partial charge in [-0.05, 0) is 85.8 Å². The van der Waals surface area contributed by atoms with E-state index in [1.165, 1.54) is 25.0 Å². The fourth-order valence-electron chi connectivity index (χ4n) is 5.79. The Kier molecular flexibility index (Phi) is 11.3. The minimum absolute atomic E-state index is 0.298. The van der Waals surface area contributed by atoms with E-state index in [0.717, 1.165) is 70.4 Å². The number of hydrogen-bond acceptors (Lipinski definition) is 6. The lowest BCUT2D eigenvalue weighted by Crippen LogP contribution is -2.04. The van der Waals surface area contributed by atoms with Gasteiger partial charge in [0.1, 0.15) is 0 Å². The number of esters is 2. The Bertz CT molecular complexity index is 1290. The molecule has 0 aliphatic heterocycles. The zero-order valence-corrected chi connectivity index (χ0v) is 25.2. The van der Waals surface area contributed by atoms with Crippen molar-refractivity contribution in [2.75, 3.05) is 13.2 Å². The van der Waals surface area contributed by atoms with Gasteiger partial charge in [-0.2, -0.15) is 0 Å². The number of H-pyrrole nitrogens is 3. The van der Waals surface area contributed by atoms with Crippen LogP contribution in [0.25, 0.3) is 0 Å². The van der Waals surface area contributed by atoms with E-state index in [2.05, 4.69) is 28.8 Å². The predicted octanol–water partition coefficient (Wildman–Crippen LogP) is 5.21. The molecule has 0 atom stereocenters. The topological polar surface area (TPSA) is 134 Å². The smallest absolute Gasteiger partial charge is 0.302 e. The summed E-state index contributed by atoms with van der Waals surface area (Å²) in [5, 5.41) is 0. The average molecular weight is 566 g/mol. The van der Waals surface area contributed by atoms with Crippen LogP contribution in [0.5, 0.6) is 0 Å². The minimum Gasteiger partial charge on any atom is -0.466 e. The van der Waals surface area contributed by atoms with Crippen molar-refractivity contribution < 1.29 is 28.7 Å². The number of carbonyl (C=O) groups excluding carboxylic acids is 4. The third-order valence-electron chi connectivity index (χ3n) is 7.81. The first kappa shape index (κ1) is 31.6. The van der Waals surface area contributed by atoms with Gasteiger partial charge in [0.15, 0.2) is 12.6 Å². The molecule has 3 heterocycles. The van der Waals surface area contributed by atoms with Crippen LogP contribution in [0.15, 0.2) is 0 Å². The molecule has 0 spiro atoms. The van der Waals surface area contributed by atoms with Gasteiger partial charge in [-0.1, -0.05) is 13.8 Å². The molecule has 0 aliphatic rings. The van der Waals surface area contributed by atoms with Gasteiger partial charge in [0.25, 0.3) is 0 Å². The lowest BCUT2D eigenvalue weighted by molar-refractivity contribution is -0.142. The summed E-state index contributed by atoms with van der Waals surface area (Å²) in [5.41, 5.74) is 11.9. The molecule has 0 fully saturated rings. The molecule has 0 saturated heterocycles. The van der Waals surface area contributed by atoms with Crippen LogP contribution in [0.3, 0.4) is 0 Å². The molecule has 0 amide bonds. The molecule has 0 aromatic carbocycles. The summed E-state index contributed by atoms with van der Waals surface area (Å²) in [6.45, 7) is 11.7. The molecule has 3 aromatic rings. The van der Waals surface area contributed by atoms with Crippen LogP contribution < -0.4 is 0 Å². The molecule has 0 radical (unpaired) electrons. The number of aromatic nitrogens is 3. The molecule has 3 rings (SSSR count). The Hall–Kier alpha value is -3.88. The van der Waals surface area contributed by atoms with Crippen LogP contribution in [-0.4, -0.2) is 52.7 Å². The first-order valence-electron chi connectivity index (χ1n) is 14.4. The highest BCUT2D eigenvalue weighted by Gasteiger charge is 2.22. The second-order valence-corrected chi connectivity index (χ2v) is 10.5. The van der Waals surface area contributed by atoms with Gasteiger partial charge in [-0.3, -0.25) is 19.2 Å². The number of rotatable bonds is 16. The van der Waals surface area contributed by atoms with Gasteiger partial charge in [0.2, 0.25) is 0 Å². The first-order chi connectivity index (χ1) is 19.6. The van der Waals surface area contributed by atoms with E-state index >= 15 is 0 Å². The Labute approximate surface area is 241 Å². The molecule has 9 heteroatoms. The van der Waals surface area contributed by atoms with Crippen LogP contribution in [0, 0.1) is 13.8 Å². The Morgan fingerprint density at radius 3 is 1.32 bits per heavy atom. The fourth-order valence-corrected chi connectivity index (χ4v) is 5.79. The van der Waals surface area contributed by atoms with Gasteiger partial charge >= 0.3 is 11.9 Å². The average Bonchev–Trinajstić information content (AvgIpc) is 3.54. The lowest BCUT2D eigenvalue weighted by Gasteiger charge is -2.08. The number of aldehydes is 2. The molecule has 9 nitrogen and oxygen atoms in total. The standard InChI is InChI=1S/C32H43N3O6/c1-7-23-24(8-2)28(16-30-26(12-10-14-41-22(6)39)20(4)32(18-37)35-30)33-27(23)15-29-25(11-9-13-40-21(5)38)19(3)31(17-36)34-29/h17-18,33-35H,7-16H2,1-6H3. The number of hydrogen-bond donors (Lipinski definition) is 3. The van der Waals surface area contributed by atoms with Gasteiger partial charge in [-0.15, -0.1) is 0 Å². The maximum atomic E-state index is 11.7. The molecular weight excluding hydrogens is 522 g/mol. The van der Waals surface area contributed by atoms with Crippen molar-refractivity contribution >= 4 is 24.5 Å². The normalized spacial score (nSPS) is 11.1. The summed E-state index contributed by atoms with van der Waals surface area (Å²) in [6.07, 6.45) is 7.40. The Balaban J connectivity index is 1.93. The maximum Gasteiger partial charge on any atom is 0.302 e. The van der Waals surface area contributed by atoms with E-state index in [9.17, 15) is 19.2 Å². The molecular formula is C32H43N3O6. The maximum absolute atomic E-state index is 11.7. The monoisotopic (exact) mass is 565 g/mol. The van der Waals surface area contributed by atoms with Crippen molar-refractivity contribution in [3.8, 4) is 0 Å². The van der Waals surface area contributed by atoms with E-state index in [1.54, 1.807) is 0 Å². The Morgan fingerprint density at radius 2 is 1.00 bits per heavy atom. The molecule has 0 bridgehead atoms. The van der Waals surface area contributed by atoms with Crippen LogP contribution in [-0.2, 0) is 57.6 Å². The fraction of sp³-hybridized carbons (Fsp3) is 0.500. The van der Waals surface area contributed by atoms with E-state index in [0.29, 0.717) is 63.1 Å². The molecule has 0 aliphatic carbocycles. The molecule has 0 unspecified atom stereocenters. The largest absolute Gasteiger partial charge is 0.466 e. The van der Waals surface area contributed by atoms with E-state index in [1.807, 2.05) is 13.8 Å². The third-order valence-corrected chi connectivity index (χ3v) is 7.81. The van der Waals surface area contributed by atoms with Crippen molar-refractivity contribution in [1.29, 1.82) is 0 Å². The quantitative estimate of drug-likeness (QED) is 0.124. The number of carbonyl (C=O) groups is 4. The highest BCUT2D eigenvalue weighted by atomic mass is 16.5. The zero-order chi connectivity index (χ0) is 30.1. The van der Waals surface area contributed by atoms with Crippen LogP contribution >= 0.6 is 0 Å². The molecule has 222 valence electrons. The predicted molar refractivity (Wildman–Crippen MR) is 157 cm³/mol. The number of nitrogens with one attached hydrogen (secondary N) is 3. The van der Waals surface area contributed by atoms with Crippen molar-refractivity contribution in [3.05, 3.63) is 67.5 Å². The summed E-state index contributed by atoms with van der Waals surface area (Å²) in [5.74, 6) is -0.596. The highest BCUT2D eigenvalue weighted by Crippen LogP contribution is 2.29. The van der Waals surface area contributed by atoms with Crippen LogP contribution in [0.4, 0.5) is 0 Å². The first-order valence-corrected chi connectivity index (χ1v) is 14.4. The highest BCUT2D eigenvalue weighted by molar-refractivity contribution is 5.76. The molecule has 0 saturated carbocycles. The van der Waals surface area contributed by atoms with Crippen molar-refractivity contribution in [2.45, 2.75) is 92.9 Å². The molecule has 41 heavy (non-hydrogen) atoms. The minimum atomic E-state index is -0.298. The number of ether oxygens (including phenoxy) is 2. The summed E-state index contributed by atoms with van der Waals surface area (Å²) in [6, 6.07) is 0. The van der Waals surface area contributed by atoms with Gasteiger partial charge in [0, 0.05) is 49.5 Å². The summed E-state index contributed by atoms with van der Waals surface area (Å²) in [4.78, 5) is 56.2.